The van der Waals surface area contributed by atoms with Crippen molar-refractivity contribution in [3.8, 4) is 23.3 Å². The second kappa shape index (κ2) is 10.5. The predicted octanol–water partition coefficient (Wildman–Crippen LogP) is 2.70. The normalized spacial score (nSPS) is 16.4. The second-order valence-electron chi connectivity index (χ2n) is 9.53. The zero-order valence-electron chi connectivity index (χ0n) is 21.1. The highest BCUT2D eigenvalue weighted by Crippen LogP contribution is 2.34. The van der Waals surface area contributed by atoms with Gasteiger partial charge in [0.25, 0.3) is 5.91 Å². The maximum atomic E-state index is 12.3. The van der Waals surface area contributed by atoms with E-state index in [1.165, 1.54) is 6.20 Å². The third-order valence-corrected chi connectivity index (χ3v) is 6.57. The van der Waals surface area contributed by atoms with Crippen LogP contribution in [0.4, 0.5) is 11.6 Å². The fourth-order valence-corrected chi connectivity index (χ4v) is 4.59. The number of carbonyl (C=O) groups excluding carboxylic acids is 1. The molecule has 1 aliphatic rings. The molecule has 4 aromatic heterocycles. The number of nitrogens with one attached hydrogen (secondary N) is 1. The van der Waals surface area contributed by atoms with Crippen LogP contribution in [-0.4, -0.2) is 61.9 Å². The lowest BCUT2D eigenvalue weighted by Gasteiger charge is -2.45. The van der Waals surface area contributed by atoms with E-state index in [4.69, 9.17) is 20.8 Å². The molecule has 0 aromatic carbocycles. The molecule has 1 atom stereocenters. The summed E-state index contributed by atoms with van der Waals surface area (Å²) < 4.78 is 6.84. The zero-order chi connectivity index (χ0) is 26.2. The molecule has 0 aliphatic carbocycles. The van der Waals surface area contributed by atoms with Crippen molar-refractivity contribution in [1.82, 2.24) is 29.8 Å². The fourth-order valence-electron chi connectivity index (χ4n) is 4.59. The number of nitrogens with two attached hydrogens (primary N) is 1. The van der Waals surface area contributed by atoms with Crippen molar-refractivity contribution >= 4 is 35.6 Å². The van der Waals surface area contributed by atoms with Gasteiger partial charge in [-0.1, -0.05) is 19.9 Å². The Kier molecular flexibility index (Phi) is 7.32. The van der Waals surface area contributed by atoms with Gasteiger partial charge in [-0.15, -0.1) is 22.6 Å². The van der Waals surface area contributed by atoms with Crippen LogP contribution in [0.1, 0.15) is 36.3 Å². The van der Waals surface area contributed by atoms with E-state index in [-0.39, 0.29) is 35.1 Å². The summed E-state index contributed by atoms with van der Waals surface area (Å²) in [5.74, 6) is 1.07. The lowest BCUT2D eigenvalue weighted by Crippen LogP contribution is -2.52. The van der Waals surface area contributed by atoms with Crippen LogP contribution in [-0.2, 0) is 0 Å². The molecule has 5 heterocycles. The van der Waals surface area contributed by atoms with E-state index in [0.29, 0.717) is 41.8 Å². The van der Waals surface area contributed by atoms with Gasteiger partial charge in [0.15, 0.2) is 17.2 Å². The quantitative estimate of drug-likeness (QED) is 0.376. The summed E-state index contributed by atoms with van der Waals surface area (Å²) in [6.45, 7) is 5.68. The highest BCUT2D eigenvalue weighted by molar-refractivity contribution is 5.97. The lowest BCUT2D eigenvalue weighted by molar-refractivity contribution is 0.1000. The Balaban J connectivity index is 0.00000336. The summed E-state index contributed by atoms with van der Waals surface area (Å²) in [7, 11) is 1.56. The van der Waals surface area contributed by atoms with Crippen LogP contribution in [0.5, 0.6) is 5.88 Å². The van der Waals surface area contributed by atoms with Crippen LogP contribution >= 0.6 is 12.4 Å². The molecule has 1 aliphatic heterocycles. The molecule has 5 rings (SSSR count). The van der Waals surface area contributed by atoms with Crippen molar-refractivity contribution < 1.29 is 9.53 Å². The summed E-state index contributed by atoms with van der Waals surface area (Å²) >= 11 is 0. The van der Waals surface area contributed by atoms with Gasteiger partial charge in [-0.25, -0.2) is 9.97 Å². The number of amides is 1. The highest BCUT2D eigenvalue weighted by atomic mass is 35.5. The van der Waals surface area contributed by atoms with E-state index in [9.17, 15) is 4.79 Å². The van der Waals surface area contributed by atoms with E-state index in [1.54, 1.807) is 29.8 Å². The number of anilines is 2. The molecule has 0 radical (unpaired) electrons. The molecule has 0 saturated carbocycles. The maximum absolute atomic E-state index is 12.3. The standard InChI is InChI=1S/C25H26N10O2.ClH/c1-25(2)14-34(20-8-7-15(12-26)31-32-20)10-9-19(25)30-24-16(23(27)36)13-28-21-11-18(33-35(21)24)17-5-4-6-22(29-17)37-3;/h4-8,11,13,19,30H,9-10,14H2,1-3H3,(H2,27,36);1H. The number of nitriles is 1. The van der Waals surface area contributed by atoms with Gasteiger partial charge in [0.2, 0.25) is 5.88 Å². The fraction of sp³-hybridized carbons (Fsp3) is 0.320. The Morgan fingerprint density at radius 2 is 2.05 bits per heavy atom. The molecule has 1 unspecified atom stereocenters. The van der Waals surface area contributed by atoms with Crippen LogP contribution < -0.4 is 20.7 Å². The third kappa shape index (κ3) is 5.01. The number of piperidine rings is 1. The molecule has 1 saturated heterocycles. The largest absolute Gasteiger partial charge is 0.481 e. The van der Waals surface area contributed by atoms with Crippen LogP contribution in [0.25, 0.3) is 17.0 Å². The first-order valence-corrected chi connectivity index (χ1v) is 11.7. The van der Waals surface area contributed by atoms with E-state index in [0.717, 1.165) is 12.2 Å². The average molecular weight is 535 g/mol. The molecule has 0 spiro atoms. The highest BCUT2D eigenvalue weighted by Gasteiger charge is 2.37. The molecule has 1 amide bonds. The van der Waals surface area contributed by atoms with Gasteiger partial charge in [0.1, 0.15) is 17.6 Å². The van der Waals surface area contributed by atoms with Crippen molar-refractivity contribution in [3.63, 3.8) is 0 Å². The number of halogens is 1. The number of rotatable bonds is 6. The van der Waals surface area contributed by atoms with Gasteiger partial charge in [-0.3, -0.25) is 4.79 Å². The number of carbonyl (C=O) groups is 1. The number of nitrogens with zero attached hydrogens (tertiary/aromatic N) is 8. The Labute approximate surface area is 225 Å². The SMILES string of the molecule is COc1cccc(-c2cc3ncc(C(N)=O)c(NC4CCN(c5ccc(C#N)nn5)CC4(C)C)n3n2)n1.Cl. The number of hydrogen-bond donors (Lipinski definition) is 2. The molecule has 12 nitrogen and oxygen atoms in total. The molecular weight excluding hydrogens is 508 g/mol. The van der Waals surface area contributed by atoms with Crippen LogP contribution in [0, 0.1) is 16.7 Å². The number of aromatic nitrogens is 6. The van der Waals surface area contributed by atoms with E-state index in [2.05, 4.69) is 44.2 Å². The number of hydrogen-bond acceptors (Lipinski definition) is 10. The number of fused-ring (bicyclic) bond motifs is 1. The number of ether oxygens (including phenoxy) is 1. The summed E-state index contributed by atoms with van der Waals surface area (Å²) in [6, 6.07) is 12.7. The topological polar surface area (TPSA) is 160 Å². The maximum Gasteiger partial charge on any atom is 0.254 e. The lowest BCUT2D eigenvalue weighted by atomic mass is 9.79. The van der Waals surface area contributed by atoms with Gasteiger partial charge in [0, 0.05) is 42.9 Å². The number of pyridine rings is 1. The van der Waals surface area contributed by atoms with Crippen molar-refractivity contribution in [2.24, 2.45) is 11.1 Å². The molecular formula is C25H27ClN10O2. The Bertz CT molecular complexity index is 1510. The van der Waals surface area contributed by atoms with Gasteiger partial charge < -0.3 is 20.7 Å². The molecule has 196 valence electrons. The molecule has 13 heteroatoms. The van der Waals surface area contributed by atoms with Crippen LogP contribution in [0.3, 0.4) is 0 Å². The van der Waals surface area contributed by atoms with Crippen molar-refractivity contribution in [2.45, 2.75) is 26.3 Å². The average Bonchev–Trinajstić information content (AvgIpc) is 3.34. The van der Waals surface area contributed by atoms with E-state index in [1.807, 2.05) is 24.3 Å². The third-order valence-electron chi connectivity index (χ3n) is 6.57. The Hall–Kier alpha value is -4.50. The Morgan fingerprint density at radius 1 is 1.24 bits per heavy atom. The van der Waals surface area contributed by atoms with Crippen molar-refractivity contribution in [2.75, 3.05) is 30.4 Å². The summed E-state index contributed by atoms with van der Waals surface area (Å²) in [5, 5.41) is 25.4. The Morgan fingerprint density at radius 3 is 2.71 bits per heavy atom. The minimum absolute atomic E-state index is 0. The number of methoxy groups -OCH3 is 1. The van der Waals surface area contributed by atoms with Gasteiger partial charge in [-0.2, -0.15) is 14.9 Å². The molecule has 0 bridgehead atoms. The predicted molar refractivity (Wildman–Crippen MR) is 143 cm³/mol. The monoisotopic (exact) mass is 534 g/mol. The molecule has 3 N–H and O–H groups in total. The molecule has 1 fully saturated rings. The van der Waals surface area contributed by atoms with Crippen molar-refractivity contribution in [1.29, 1.82) is 5.26 Å². The summed E-state index contributed by atoms with van der Waals surface area (Å²) in [6.07, 6.45) is 2.22. The molecule has 4 aromatic rings. The first-order chi connectivity index (χ1) is 17.8. The van der Waals surface area contributed by atoms with Gasteiger partial charge in [0.05, 0.1) is 18.4 Å². The van der Waals surface area contributed by atoms with Gasteiger partial charge in [-0.05, 0) is 24.6 Å². The minimum atomic E-state index is -0.600. The first-order valence-electron chi connectivity index (χ1n) is 11.7. The smallest absolute Gasteiger partial charge is 0.254 e. The number of primary amides is 1. The summed E-state index contributed by atoms with van der Waals surface area (Å²) in [4.78, 5) is 23.3. The summed E-state index contributed by atoms with van der Waals surface area (Å²) in [5.41, 5.74) is 7.77. The first kappa shape index (κ1) is 26.6. The zero-order valence-corrected chi connectivity index (χ0v) is 21.9. The van der Waals surface area contributed by atoms with E-state index >= 15 is 0 Å². The second-order valence-corrected chi connectivity index (χ2v) is 9.53. The van der Waals surface area contributed by atoms with Crippen LogP contribution in [0.15, 0.2) is 42.6 Å². The van der Waals surface area contributed by atoms with Gasteiger partial charge >= 0.3 is 0 Å². The van der Waals surface area contributed by atoms with Crippen molar-refractivity contribution in [3.05, 3.63) is 53.9 Å². The molecule has 38 heavy (non-hydrogen) atoms. The minimum Gasteiger partial charge on any atom is -0.481 e. The van der Waals surface area contributed by atoms with Crippen LogP contribution in [0.2, 0.25) is 0 Å². The van der Waals surface area contributed by atoms with E-state index < -0.39 is 5.91 Å².